The summed E-state index contributed by atoms with van der Waals surface area (Å²) in [6.07, 6.45) is -5.80. The molecule has 1 aromatic heterocycles. The van der Waals surface area contributed by atoms with E-state index in [0.29, 0.717) is 6.20 Å². The van der Waals surface area contributed by atoms with Crippen LogP contribution in [0.4, 0.5) is 17.6 Å². The zero-order valence-corrected chi connectivity index (χ0v) is 18.1. The predicted molar refractivity (Wildman–Crippen MR) is 105 cm³/mol. The number of nitrogens with zero attached hydrogens (tertiary/aromatic N) is 3. The highest BCUT2D eigenvalue weighted by molar-refractivity contribution is 7.89. The third kappa shape index (κ3) is 5.37. The van der Waals surface area contributed by atoms with Gasteiger partial charge in [0, 0.05) is 25.2 Å². The normalized spacial score (nSPS) is 22.2. The molecular weight excluding hydrogens is 488 g/mol. The number of rotatable bonds is 7. The summed E-state index contributed by atoms with van der Waals surface area (Å²) >= 11 is 0. The highest BCUT2D eigenvalue weighted by Gasteiger charge is 2.52. The maximum Gasteiger partial charge on any atom is 0.574 e. The molecule has 3 rings (SSSR count). The molecule has 0 spiro atoms. The number of pyridine rings is 1. The summed E-state index contributed by atoms with van der Waals surface area (Å²) in [5.41, 5.74) is 0.116. The number of aromatic nitrogens is 1. The van der Waals surface area contributed by atoms with E-state index in [9.17, 15) is 36.2 Å². The first-order valence-electron chi connectivity index (χ1n) is 9.50. The number of aliphatic hydroxyl groups is 2. The molecule has 0 aliphatic carbocycles. The van der Waals surface area contributed by atoms with Crippen molar-refractivity contribution < 1.29 is 45.8 Å². The molecular formula is C19H18F4N4O6S. The van der Waals surface area contributed by atoms with Gasteiger partial charge in [0.15, 0.2) is 0 Å². The zero-order valence-electron chi connectivity index (χ0n) is 17.3. The van der Waals surface area contributed by atoms with Crippen LogP contribution in [0.1, 0.15) is 12.5 Å². The van der Waals surface area contributed by atoms with E-state index in [1.165, 1.54) is 13.0 Å². The molecule has 0 radical (unpaired) electrons. The van der Waals surface area contributed by atoms with Crippen molar-refractivity contribution in [1.82, 2.24) is 14.8 Å². The molecule has 15 heteroatoms. The molecule has 1 saturated heterocycles. The third-order valence-corrected chi connectivity index (χ3v) is 6.89. The molecule has 2 aromatic rings. The smallest absolute Gasteiger partial charge is 0.408 e. The van der Waals surface area contributed by atoms with Gasteiger partial charge in [-0.3, -0.25) is 0 Å². The fourth-order valence-corrected chi connectivity index (χ4v) is 4.65. The number of nitrogens with one attached hydrogen (secondary N) is 1. The SMILES string of the molecule is C[C@@H](O)[C@]1(O)CN(S(=O)(=O)c2ccc(OC(F)(F)F)nc2)C[C@@H]1NOc1ccc(C#N)c(F)c1. The zero-order chi connectivity index (χ0) is 25.3. The van der Waals surface area contributed by atoms with Crippen molar-refractivity contribution in [2.45, 2.75) is 35.9 Å². The van der Waals surface area contributed by atoms with Crippen LogP contribution in [0.25, 0.3) is 0 Å². The number of sulfonamides is 1. The van der Waals surface area contributed by atoms with E-state index in [1.807, 2.05) is 0 Å². The Morgan fingerprint density at radius 1 is 1.35 bits per heavy atom. The number of hydrogen-bond acceptors (Lipinski definition) is 9. The molecule has 0 amide bonds. The van der Waals surface area contributed by atoms with Crippen LogP contribution in [0.15, 0.2) is 41.4 Å². The van der Waals surface area contributed by atoms with Crippen molar-refractivity contribution in [2.24, 2.45) is 0 Å². The van der Waals surface area contributed by atoms with Gasteiger partial charge in [-0.15, -0.1) is 18.7 Å². The minimum absolute atomic E-state index is 0.0878. The molecule has 2 heterocycles. The number of halogens is 4. The van der Waals surface area contributed by atoms with Crippen LogP contribution in [-0.2, 0) is 10.0 Å². The van der Waals surface area contributed by atoms with E-state index in [2.05, 4.69) is 15.2 Å². The van der Waals surface area contributed by atoms with Gasteiger partial charge < -0.3 is 19.8 Å². The number of nitriles is 1. The van der Waals surface area contributed by atoms with Crippen LogP contribution < -0.4 is 15.1 Å². The van der Waals surface area contributed by atoms with Crippen LogP contribution in [0.3, 0.4) is 0 Å². The molecule has 1 aliphatic heterocycles. The molecule has 184 valence electrons. The number of ether oxygens (including phenoxy) is 1. The van der Waals surface area contributed by atoms with Gasteiger partial charge in [0.2, 0.25) is 15.9 Å². The summed E-state index contributed by atoms with van der Waals surface area (Å²) in [6, 6.07) is 5.30. The standard InChI is InChI=1S/C19H18F4N4O6S/c1-11(28)18(29)10-27(9-16(18)26-33-13-3-2-12(7-24)15(20)6-13)34(30,31)14-4-5-17(25-8-14)32-19(21,22)23/h2-6,8,11,16,26,28-29H,9-10H2,1H3/t11-,16+,18-/m1/s1. The second kappa shape index (κ2) is 9.31. The van der Waals surface area contributed by atoms with E-state index in [0.717, 1.165) is 28.6 Å². The molecule has 1 aliphatic rings. The van der Waals surface area contributed by atoms with E-state index < -0.39 is 63.8 Å². The van der Waals surface area contributed by atoms with Gasteiger partial charge in [-0.25, -0.2) is 17.8 Å². The van der Waals surface area contributed by atoms with Crippen molar-refractivity contribution >= 4 is 10.0 Å². The lowest BCUT2D eigenvalue weighted by atomic mass is 9.93. The average Bonchev–Trinajstić information content (AvgIpc) is 3.10. The van der Waals surface area contributed by atoms with Gasteiger partial charge in [-0.1, -0.05) is 0 Å². The van der Waals surface area contributed by atoms with Crippen molar-refractivity contribution in [2.75, 3.05) is 13.1 Å². The monoisotopic (exact) mass is 506 g/mol. The lowest BCUT2D eigenvalue weighted by Gasteiger charge is -2.31. The van der Waals surface area contributed by atoms with Crippen LogP contribution in [0.5, 0.6) is 11.6 Å². The number of benzene rings is 1. The third-order valence-electron chi connectivity index (χ3n) is 5.09. The van der Waals surface area contributed by atoms with Gasteiger partial charge in [0.25, 0.3) is 0 Å². The fourth-order valence-electron chi connectivity index (χ4n) is 3.20. The quantitative estimate of drug-likeness (QED) is 0.371. The predicted octanol–water partition coefficient (Wildman–Crippen LogP) is 1.06. The lowest BCUT2D eigenvalue weighted by Crippen LogP contribution is -2.57. The molecule has 1 aromatic carbocycles. The van der Waals surface area contributed by atoms with Crippen molar-refractivity contribution in [3.8, 4) is 17.7 Å². The molecule has 0 saturated carbocycles. The van der Waals surface area contributed by atoms with Gasteiger partial charge in [0.05, 0.1) is 23.9 Å². The first-order chi connectivity index (χ1) is 15.8. The highest BCUT2D eigenvalue weighted by Crippen LogP contribution is 2.31. The first kappa shape index (κ1) is 25.6. The molecule has 0 bridgehead atoms. The Kier molecular flexibility index (Phi) is 7.01. The summed E-state index contributed by atoms with van der Waals surface area (Å²) in [4.78, 5) is 8.07. The number of β-amino-alcohol motifs (C(OH)–C–C–N with tert-alkyl or cyclic N) is 1. The summed E-state index contributed by atoms with van der Waals surface area (Å²) in [7, 11) is -4.36. The van der Waals surface area contributed by atoms with Crippen LogP contribution in [-0.4, -0.2) is 65.1 Å². The minimum Gasteiger partial charge on any atom is -0.408 e. The number of alkyl halides is 3. The van der Waals surface area contributed by atoms with Gasteiger partial charge in [-0.2, -0.15) is 9.57 Å². The van der Waals surface area contributed by atoms with Crippen molar-refractivity contribution in [3.63, 3.8) is 0 Å². The summed E-state index contributed by atoms with van der Waals surface area (Å²) in [5.74, 6) is -1.82. The molecule has 1 fully saturated rings. The largest absolute Gasteiger partial charge is 0.574 e. The molecule has 34 heavy (non-hydrogen) atoms. The first-order valence-corrected chi connectivity index (χ1v) is 10.9. The number of hydroxylamine groups is 1. The topological polar surface area (TPSA) is 145 Å². The van der Waals surface area contributed by atoms with E-state index >= 15 is 0 Å². The fraction of sp³-hybridized carbons (Fsp3) is 0.368. The van der Waals surface area contributed by atoms with Gasteiger partial charge in [0.1, 0.15) is 28.1 Å². The van der Waals surface area contributed by atoms with E-state index in [1.54, 1.807) is 6.07 Å². The molecule has 3 atom stereocenters. The average molecular weight is 506 g/mol. The lowest BCUT2D eigenvalue weighted by molar-refractivity contribution is -0.276. The second-order valence-corrected chi connectivity index (χ2v) is 9.31. The summed E-state index contributed by atoms with van der Waals surface area (Å²) in [5, 5.41) is 29.8. The second-order valence-electron chi connectivity index (χ2n) is 7.37. The Morgan fingerprint density at radius 3 is 2.59 bits per heavy atom. The maximum absolute atomic E-state index is 13.8. The molecule has 10 nitrogen and oxygen atoms in total. The van der Waals surface area contributed by atoms with E-state index in [4.69, 9.17) is 10.1 Å². The van der Waals surface area contributed by atoms with Crippen molar-refractivity contribution in [3.05, 3.63) is 47.9 Å². The number of hydrogen-bond donors (Lipinski definition) is 3. The highest BCUT2D eigenvalue weighted by atomic mass is 32.2. The maximum atomic E-state index is 13.8. The van der Waals surface area contributed by atoms with Gasteiger partial charge in [-0.05, 0) is 25.1 Å². The molecule has 0 unspecified atom stereocenters. The summed E-state index contributed by atoms with van der Waals surface area (Å²) < 4.78 is 80.9. The van der Waals surface area contributed by atoms with Crippen LogP contribution in [0, 0.1) is 17.1 Å². The van der Waals surface area contributed by atoms with Crippen molar-refractivity contribution in [1.29, 1.82) is 5.26 Å². The number of aliphatic hydroxyl groups excluding tert-OH is 1. The van der Waals surface area contributed by atoms with Crippen LogP contribution >= 0.6 is 0 Å². The molecule has 3 N–H and O–H groups in total. The Hall–Kier alpha value is -3.03. The Bertz CT molecular complexity index is 1190. The minimum atomic E-state index is -5.01. The Labute approximate surface area is 191 Å². The van der Waals surface area contributed by atoms with Crippen LogP contribution in [0.2, 0.25) is 0 Å². The Morgan fingerprint density at radius 2 is 2.06 bits per heavy atom. The van der Waals surface area contributed by atoms with Gasteiger partial charge >= 0.3 is 6.36 Å². The Balaban J connectivity index is 1.78. The van der Waals surface area contributed by atoms with E-state index in [-0.39, 0.29) is 11.3 Å². The summed E-state index contributed by atoms with van der Waals surface area (Å²) in [6.45, 7) is 0.191.